The van der Waals surface area contributed by atoms with Gasteiger partial charge in [-0.05, 0) is 26.2 Å². The van der Waals surface area contributed by atoms with Crippen molar-refractivity contribution < 1.29 is 9.47 Å². The van der Waals surface area contributed by atoms with E-state index >= 15 is 0 Å². The average Bonchev–Trinajstić information content (AvgIpc) is 3.23. The summed E-state index contributed by atoms with van der Waals surface area (Å²) in [6.45, 7) is 6.91. The highest BCUT2D eigenvalue weighted by molar-refractivity contribution is 5.39. The predicted octanol–water partition coefficient (Wildman–Crippen LogP) is 2.59. The van der Waals surface area contributed by atoms with Crippen LogP contribution in [0.15, 0.2) is 6.07 Å². The first kappa shape index (κ1) is 14.1. The van der Waals surface area contributed by atoms with Gasteiger partial charge in [0, 0.05) is 25.1 Å². The Morgan fingerprint density at radius 3 is 2.74 bits per heavy atom. The fourth-order valence-corrected chi connectivity index (χ4v) is 1.76. The van der Waals surface area contributed by atoms with Gasteiger partial charge in [0.1, 0.15) is 18.2 Å². The summed E-state index contributed by atoms with van der Waals surface area (Å²) in [6, 6.07) is 1.86. The van der Waals surface area contributed by atoms with Gasteiger partial charge in [-0.15, -0.1) is 0 Å². The molecule has 1 aromatic rings. The molecule has 5 heteroatoms. The highest BCUT2D eigenvalue weighted by Crippen LogP contribution is 2.39. The van der Waals surface area contributed by atoms with E-state index in [2.05, 4.69) is 29.1 Å². The summed E-state index contributed by atoms with van der Waals surface area (Å²) < 4.78 is 11.0. The highest BCUT2D eigenvalue weighted by atomic mass is 16.5. The first-order valence-corrected chi connectivity index (χ1v) is 7.16. The molecule has 0 amide bonds. The monoisotopic (exact) mass is 265 g/mol. The number of anilines is 1. The van der Waals surface area contributed by atoms with Crippen molar-refractivity contribution in [1.82, 2.24) is 9.97 Å². The predicted molar refractivity (Wildman–Crippen MR) is 74.8 cm³/mol. The summed E-state index contributed by atoms with van der Waals surface area (Å²) in [5, 5.41) is 3.22. The molecule has 5 nitrogen and oxygen atoms in total. The molecular weight excluding hydrogens is 242 g/mol. The summed E-state index contributed by atoms with van der Waals surface area (Å²) >= 11 is 0. The van der Waals surface area contributed by atoms with Crippen molar-refractivity contribution in [2.75, 3.05) is 31.7 Å². The number of hydrogen-bond acceptors (Lipinski definition) is 5. The van der Waals surface area contributed by atoms with Crippen molar-refractivity contribution in [2.45, 2.75) is 39.0 Å². The number of ether oxygens (including phenoxy) is 2. The van der Waals surface area contributed by atoms with Crippen LogP contribution in [0.4, 0.5) is 5.82 Å². The summed E-state index contributed by atoms with van der Waals surface area (Å²) in [4.78, 5) is 8.98. The molecule has 1 aromatic heterocycles. The van der Waals surface area contributed by atoms with Gasteiger partial charge >= 0.3 is 0 Å². The van der Waals surface area contributed by atoms with E-state index in [4.69, 9.17) is 9.47 Å². The summed E-state index contributed by atoms with van der Waals surface area (Å²) in [6.07, 6.45) is 3.41. The molecule has 0 spiro atoms. The molecule has 1 aliphatic carbocycles. The standard InChI is InChI=1S/C14H23N3O2/c1-3-7-18-8-9-19-13-10-12(15-4-2)16-14(17-13)11-5-6-11/h10-11H,3-9H2,1-2H3,(H,15,16,17). The van der Waals surface area contributed by atoms with E-state index in [1.165, 1.54) is 12.8 Å². The topological polar surface area (TPSA) is 56.3 Å². The van der Waals surface area contributed by atoms with Crippen LogP contribution >= 0.6 is 0 Å². The van der Waals surface area contributed by atoms with Gasteiger partial charge in [-0.1, -0.05) is 6.92 Å². The molecule has 0 aliphatic heterocycles. The lowest BCUT2D eigenvalue weighted by molar-refractivity contribution is 0.0989. The van der Waals surface area contributed by atoms with Crippen molar-refractivity contribution in [2.24, 2.45) is 0 Å². The van der Waals surface area contributed by atoms with Gasteiger partial charge in [-0.25, -0.2) is 4.98 Å². The molecular formula is C14H23N3O2. The van der Waals surface area contributed by atoms with E-state index < -0.39 is 0 Å². The van der Waals surface area contributed by atoms with E-state index in [-0.39, 0.29) is 0 Å². The minimum atomic E-state index is 0.525. The largest absolute Gasteiger partial charge is 0.475 e. The molecule has 1 fully saturated rings. The molecule has 19 heavy (non-hydrogen) atoms. The van der Waals surface area contributed by atoms with Crippen molar-refractivity contribution >= 4 is 5.82 Å². The molecule has 0 bridgehead atoms. The van der Waals surface area contributed by atoms with Gasteiger partial charge in [0.05, 0.1) is 6.61 Å². The number of hydrogen-bond donors (Lipinski definition) is 1. The first-order valence-electron chi connectivity index (χ1n) is 7.16. The van der Waals surface area contributed by atoms with Crippen molar-refractivity contribution in [3.63, 3.8) is 0 Å². The Kier molecular flexibility index (Phi) is 5.39. The molecule has 1 aliphatic rings. The smallest absolute Gasteiger partial charge is 0.218 e. The Bertz CT molecular complexity index is 394. The van der Waals surface area contributed by atoms with Crippen molar-refractivity contribution in [3.05, 3.63) is 11.9 Å². The molecule has 1 saturated carbocycles. The Balaban J connectivity index is 1.90. The Morgan fingerprint density at radius 1 is 1.21 bits per heavy atom. The van der Waals surface area contributed by atoms with Crippen molar-refractivity contribution in [1.29, 1.82) is 0 Å². The Hall–Kier alpha value is -1.36. The van der Waals surface area contributed by atoms with E-state index in [0.29, 0.717) is 25.0 Å². The molecule has 0 radical (unpaired) electrons. The molecule has 1 N–H and O–H groups in total. The Morgan fingerprint density at radius 2 is 2.05 bits per heavy atom. The third kappa shape index (κ3) is 4.67. The zero-order chi connectivity index (χ0) is 13.5. The zero-order valence-corrected chi connectivity index (χ0v) is 11.8. The molecule has 0 unspecified atom stereocenters. The summed E-state index contributed by atoms with van der Waals surface area (Å²) in [7, 11) is 0. The van der Waals surface area contributed by atoms with Gasteiger partial charge in [-0.3, -0.25) is 0 Å². The minimum Gasteiger partial charge on any atom is -0.475 e. The molecule has 2 rings (SSSR count). The third-order valence-corrected chi connectivity index (χ3v) is 2.85. The van der Waals surface area contributed by atoms with Crippen LogP contribution in [0.3, 0.4) is 0 Å². The van der Waals surface area contributed by atoms with Crippen LogP contribution in [0.2, 0.25) is 0 Å². The maximum absolute atomic E-state index is 5.64. The molecule has 1 heterocycles. The molecule has 0 aromatic carbocycles. The molecule has 0 saturated heterocycles. The summed E-state index contributed by atoms with van der Waals surface area (Å²) in [5.41, 5.74) is 0. The number of nitrogens with one attached hydrogen (secondary N) is 1. The van der Waals surface area contributed by atoms with Gasteiger partial charge in [0.15, 0.2) is 0 Å². The van der Waals surface area contributed by atoms with Gasteiger partial charge in [0.2, 0.25) is 5.88 Å². The van der Waals surface area contributed by atoms with Crippen LogP contribution in [-0.4, -0.2) is 36.3 Å². The first-order chi connectivity index (χ1) is 9.33. The van der Waals surface area contributed by atoms with Crippen LogP contribution < -0.4 is 10.1 Å². The number of rotatable bonds is 9. The Labute approximate surface area is 114 Å². The number of aromatic nitrogens is 2. The van der Waals surface area contributed by atoms with Crippen LogP contribution in [0, 0.1) is 0 Å². The van der Waals surface area contributed by atoms with E-state index in [9.17, 15) is 0 Å². The van der Waals surface area contributed by atoms with Crippen LogP contribution in [-0.2, 0) is 4.74 Å². The average molecular weight is 265 g/mol. The van der Waals surface area contributed by atoms with E-state index in [1.807, 2.05) is 6.07 Å². The third-order valence-electron chi connectivity index (χ3n) is 2.85. The normalized spacial score (nSPS) is 14.4. The van der Waals surface area contributed by atoms with E-state index in [1.54, 1.807) is 0 Å². The van der Waals surface area contributed by atoms with E-state index in [0.717, 1.165) is 31.2 Å². The SMILES string of the molecule is CCCOCCOc1cc(NCC)nc(C2CC2)n1. The maximum atomic E-state index is 5.64. The van der Waals surface area contributed by atoms with Gasteiger partial charge in [-0.2, -0.15) is 4.98 Å². The lowest BCUT2D eigenvalue weighted by Crippen LogP contribution is -2.10. The second-order valence-electron chi connectivity index (χ2n) is 4.72. The minimum absolute atomic E-state index is 0.525. The fourth-order valence-electron chi connectivity index (χ4n) is 1.76. The van der Waals surface area contributed by atoms with Crippen LogP contribution in [0.1, 0.15) is 44.9 Å². The van der Waals surface area contributed by atoms with Gasteiger partial charge < -0.3 is 14.8 Å². The molecule has 0 atom stereocenters. The summed E-state index contributed by atoms with van der Waals surface area (Å²) in [5.74, 6) is 2.93. The zero-order valence-electron chi connectivity index (χ0n) is 11.8. The quantitative estimate of drug-likeness (QED) is 0.695. The van der Waals surface area contributed by atoms with Crippen LogP contribution in [0.5, 0.6) is 5.88 Å². The second kappa shape index (κ2) is 7.28. The van der Waals surface area contributed by atoms with Gasteiger partial charge in [0.25, 0.3) is 0 Å². The highest BCUT2D eigenvalue weighted by Gasteiger charge is 2.27. The lowest BCUT2D eigenvalue weighted by atomic mass is 10.4. The number of nitrogens with zero attached hydrogens (tertiary/aromatic N) is 2. The van der Waals surface area contributed by atoms with Crippen molar-refractivity contribution in [3.8, 4) is 5.88 Å². The van der Waals surface area contributed by atoms with Crippen LogP contribution in [0.25, 0.3) is 0 Å². The maximum Gasteiger partial charge on any atom is 0.218 e. The molecule has 106 valence electrons. The lowest BCUT2D eigenvalue weighted by Gasteiger charge is -2.10. The second-order valence-corrected chi connectivity index (χ2v) is 4.72. The fraction of sp³-hybridized carbons (Fsp3) is 0.714.